The van der Waals surface area contributed by atoms with Gasteiger partial charge in [-0.3, -0.25) is 4.79 Å². The second-order valence-electron chi connectivity index (χ2n) is 5.11. The molecule has 0 atom stereocenters. The fourth-order valence-corrected chi connectivity index (χ4v) is 2.66. The number of nitrogens with two attached hydrogens (primary N) is 1. The normalized spacial score (nSPS) is 17.5. The number of nitrogens with one attached hydrogen (secondary N) is 1. The highest BCUT2D eigenvalue weighted by molar-refractivity contribution is 6.29. The number of hydrogen-bond donors (Lipinski definition) is 2. The fraction of sp³-hybridized carbons (Fsp3) is 0.571. The molecule has 1 aliphatic carbocycles. The summed E-state index contributed by atoms with van der Waals surface area (Å²) in [4.78, 5) is 16.1. The Morgan fingerprint density at radius 1 is 1.26 bits per heavy atom. The van der Waals surface area contributed by atoms with E-state index in [2.05, 4.69) is 10.3 Å². The molecular weight excluding hydrogens is 262 g/mol. The number of amides is 1. The predicted molar refractivity (Wildman–Crippen MR) is 77.2 cm³/mol. The monoisotopic (exact) mass is 281 g/mol. The minimum absolute atomic E-state index is 0.146. The zero-order valence-electron chi connectivity index (χ0n) is 11.0. The third-order valence-electron chi connectivity index (χ3n) is 3.59. The van der Waals surface area contributed by atoms with Crippen molar-refractivity contribution in [3.8, 4) is 0 Å². The second kappa shape index (κ2) is 6.75. The number of carbonyl (C=O) groups excluding carboxylic acids is 1. The van der Waals surface area contributed by atoms with E-state index in [1.165, 1.54) is 44.4 Å². The summed E-state index contributed by atoms with van der Waals surface area (Å²) in [7, 11) is 0. The van der Waals surface area contributed by atoms with Gasteiger partial charge in [0.25, 0.3) is 5.91 Å². The van der Waals surface area contributed by atoms with Crippen molar-refractivity contribution in [1.82, 2.24) is 10.3 Å². The van der Waals surface area contributed by atoms with Gasteiger partial charge in [-0.05, 0) is 18.9 Å². The largest absolute Gasteiger partial charge is 0.397 e. The number of pyridine rings is 1. The number of aromatic nitrogens is 1. The first-order valence-corrected chi connectivity index (χ1v) is 7.26. The van der Waals surface area contributed by atoms with E-state index < -0.39 is 0 Å². The first kappa shape index (κ1) is 14.1. The maximum Gasteiger partial charge on any atom is 0.253 e. The highest BCUT2D eigenvalue weighted by atomic mass is 35.5. The average Bonchev–Trinajstić information content (AvgIpc) is 2.35. The Morgan fingerprint density at radius 3 is 2.58 bits per heavy atom. The van der Waals surface area contributed by atoms with Gasteiger partial charge in [0.1, 0.15) is 5.15 Å². The van der Waals surface area contributed by atoms with E-state index in [1.807, 2.05) is 0 Å². The van der Waals surface area contributed by atoms with Gasteiger partial charge < -0.3 is 11.1 Å². The molecule has 3 N–H and O–H groups in total. The van der Waals surface area contributed by atoms with Crippen LogP contribution in [0.25, 0.3) is 0 Å². The zero-order chi connectivity index (χ0) is 13.7. The maximum atomic E-state index is 12.2. The number of nitrogen functional groups attached to an aromatic ring is 1. The van der Waals surface area contributed by atoms with Crippen LogP contribution in [0.15, 0.2) is 12.3 Å². The van der Waals surface area contributed by atoms with Crippen LogP contribution in [-0.4, -0.2) is 16.9 Å². The van der Waals surface area contributed by atoms with Crippen molar-refractivity contribution in [2.24, 2.45) is 0 Å². The number of nitrogens with zero attached hydrogens (tertiary/aromatic N) is 1. The third kappa shape index (κ3) is 4.10. The Kier molecular flexibility index (Phi) is 5.02. The molecule has 1 aromatic rings. The van der Waals surface area contributed by atoms with Crippen LogP contribution in [-0.2, 0) is 0 Å². The molecule has 1 aliphatic rings. The molecule has 1 fully saturated rings. The molecule has 0 saturated heterocycles. The summed E-state index contributed by atoms with van der Waals surface area (Å²) < 4.78 is 0. The molecule has 0 unspecified atom stereocenters. The lowest BCUT2D eigenvalue weighted by Gasteiger charge is -2.21. The summed E-state index contributed by atoms with van der Waals surface area (Å²) >= 11 is 5.80. The van der Waals surface area contributed by atoms with Crippen molar-refractivity contribution in [2.45, 2.75) is 51.0 Å². The molecule has 0 aromatic carbocycles. The lowest BCUT2D eigenvalue weighted by atomic mass is 9.96. The second-order valence-corrected chi connectivity index (χ2v) is 5.50. The van der Waals surface area contributed by atoms with Gasteiger partial charge in [0.2, 0.25) is 0 Å². The summed E-state index contributed by atoms with van der Waals surface area (Å²) in [6, 6.07) is 1.77. The molecule has 1 heterocycles. The molecule has 4 nitrogen and oxygen atoms in total. The van der Waals surface area contributed by atoms with Crippen LogP contribution in [0.4, 0.5) is 5.69 Å². The Bertz CT molecular complexity index is 442. The molecule has 0 aliphatic heterocycles. The summed E-state index contributed by atoms with van der Waals surface area (Å²) in [6.45, 7) is 0. The van der Waals surface area contributed by atoms with Gasteiger partial charge in [0, 0.05) is 6.04 Å². The quantitative estimate of drug-likeness (QED) is 0.818. The number of anilines is 1. The molecule has 19 heavy (non-hydrogen) atoms. The maximum absolute atomic E-state index is 12.2. The van der Waals surface area contributed by atoms with Crippen LogP contribution in [0.1, 0.15) is 55.3 Å². The number of carbonyl (C=O) groups is 1. The van der Waals surface area contributed by atoms with E-state index >= 15 is 0 Å². The topological polar surface area (TPSA) is 68.0 Å². The van der Waals surface area contributed by atoms with Crippen LogP contribution in [0, 0.1) is 0 Å². The summed E-state index contributed by atoms with van der Waals surface area (Å²) in [5.41, 5.74) is 6.56. The minimum atomic E-state index is -0.146. The van der Waals surface area contributed by atoms with E-state index in [-0.39, 0.29) is 17.1 Å². The lowest BCUT2D eigenvalue weighted by Crippen LogP contribution is -2.35. The highest BCUT2D eigenvalue weighted by Crippen LogP contribution is 2.19. The molecule has 1 saturated carbocycles. The summed E-state index contributed by atoms with van der Waals surface area (Å²) in [5, 5.41) is 3.35. The van der Waals surface area contributed by atoms with Gasteiger partial charge in [-0.15, -0.1) is 0 Å². The van der Waals surface area contributed by atoms with E-state index in [0.717, 1.165) is 12.8 Å². The fourth-order valence-electron chi connectivity index (χ4n) is 2.50. The SMILES string of the molecule is Nc1cnc(Cl)cc1C(=O)NC1CCCCCCC1. The average molecular weight is 282 g/mol. The number of halogens is 1. The smallest absolute Gasteiger partial charge is 0.253 e. The van der Waals surface area contributed by atoms with E-state index in [1.54, 1.807) is 0 Å². The molecular formula is C14H20ClN3O. The first-order chi connectivity index (χ1) is 9.16. The van der Waals surface area contributed by atoms with Gasteiger partial charge in [0.15, 0.2) is 0 Å². The Labute approximate surface area is 118 Å². The van der Waals surface area contributed by atoms with Gasteiger partial charge in [-0.25, -0.2) is 4.98 Å². The number of rotatable bonds is 2. The molecule has 0 radical (unpaired) electrons. The molecule has 0 spiro atoms. The molecule has 104 valence electrons. The standard InChI is InChI=1S/C14H20ClN3O/c15-13-8-11(12(16)9-17-13)14(19)18-10-6-4-2-1-3-5-7-10/h8-10H,1-7,16H2,(H,18,19). The zero-order valence-corrected chi connectivity index (χ0v) is 11.7. The van der Waals surface area contributed by atoms with E-state index in [0.29, 0.717) is 11.3 Å². The van der Waals surface area contributed by atoms with Crippen LogP contribution >= 0.6 is 11.6 Å². The molecule has 1 aromatic heterocycles. The van der Waals surface area contributed by atoms with Crippen LogP contribution in [0.2, 0.25) is 5.15 Å². The summed E-state index contributed by atoms with van der Waals surface area (Å²) in [5.74, 6) is -0.146. The van der Waals surface area contributed by atoms with Crippen molar-refractivity contribution in [2.75, 3.05) is 5.73 Å². The highest BCUT2D eigenvalue weighted by Gasteiger charge is 2.17. The molecule has 2 rings (SSSR count). The van der Waals surface area contributed by atoms with Gasteiger partial charge in [0.05, 0.1) is 17.4 Å². The van der Waals surface area contributed by atoms with Crippen molar-refractivity contribution < 1.29 is 4.79 Å². The molecule has 1 amide bonds. The van der Waals surface area contributed by atoms with Gasteiger partial charge in [-0.2, -0.15) is 0 Å². The van der Waals surface area contributed by atoms with Crippen molar-refractivity contribution >= 4 is 23.2 Å². The molecule has 5 heteroatoms. The lowest BCUT2D eigenvalue weighted by molar-refractivity contribution is 0.0931. The van der Waals surface area contributed by atoms with Gasteiger partial charge in [-0.1, -0.05) is 43.7 Å². The third-order valence-corrected chi connectivity index (χ3v) is 3.79. The predicted octanol–water partition coefficient (Wildman–Crippen LogP) is 3.16. The van der Waals surface area contributed by atoms with E-state index in [9.17, 15) is 4.79 Å². The number of hydrogen-bond acceptors (Lipinski definition) is 3. The van der Waals surface area contributed by atoms with Crippen molar-refractivity contribution in [3.05, 3.63) is 23.0 Å². The first-order valence-electron chi connectivity index (χ1n) is 6.88. The Hall–Kier alpha value is -1.29. The van der Waals surface area contributed by atoms with Crippen LogP contribution in [0.3, 0.4) is 0 Å². The van der Waals surface area contributed by atoms with Crippen molar-refractivity contribution in [1.29, 1.82) is 0 Å². The van der Waals surface area contributed by atoms with Crippen LogP contribution in [0.5, 0.6) is 0 Å². The minimum Gasteiger partial charge on any atom is -0.397 e. The Morgan fingerprint density at radius 2 is 1.89 bits per heavy atom. The van der Waals surface area contributed by atoms with Crippen molar-refractivity contribution in [3.63, 3.8) is 0 Å². The van der Waals surface area contributed by atoms with Gasteiger partial charge >= 0.3 is 0 Å². The Balaban J connectivity index is 2.00. The molecule has 0 bridgehead atoms. The summed E-state index contributed by atoms with van der Waals surface area (Å²) in [6.07, 6.45) is 9.71. The van der Waals surface area contributed by atoms with E-state index in [4.69, 9.17) is 17.3 Å². The van der Waals surface area contributed by atoms with Crippen LogP contribution < -0.4 is 11.1 Å².